The summed E-state index contributed by atoms with van der Waals surface area (Å²) in [5.74, 6) is 0.819. The van der Waals surface area contributed by atoms with Crippen LogP contribution in [0.1, 0.15) is 61.4 Å². The largest absolute Gasteiger partial charge is 0.494 e. The molecule has 0 fully saturated rings. The molecule has 0 aliphatic carbocycles. The Hall–Kier alpha value is -2.33. The fourth-order valence-corrected chi connectivity index (χ4v) is 2.80. The predicted octanol–water partition coefficient (Wildman–Crippen LogP) is 6.30. The summed E-state index contributed by atoms with van der Waals surface area (Å²) in [6, 6.07) is 5.24. The van der Waals surface area contributed by atoms with Crippen LogP contribution in [0.4, 0.5) is 0 Å². The minimum absolute atomic E-state index is 0.252. The van der Waals surface area contributed by atoms with E-state index in [-0.39, 0.29) is 5.92 Å². The number of methoxy groups -OCH3 is 1. The van der Waals surface area contributed by atoms with E-state index in [9.17, 15) is 4.79 Å². The summed E-state index contributed by atoms with van der Waals surface area (Å²) < 4.78 is 7.24. The lowest BCUT2D eigenvalue weighted by Gasteiger charge is -2.12. The van der Waals surface area contributed by atoms with Gasteiger partial charge in [-0.05, 0) is 43.5 Å². The lowest BCUT2D eigenvalue weighted by Crippen LogP contribution is -2.04. The highest BCUT2D eigenvalue weighted by Crippen LogP contribution is 2.30. The van der Waals surface area contributed by atoms with Gasteiger partial charge in [0.05, 0.1) is 18.5 Å². The Balaban J connectivity index is 0.00000176. The molecule has 1 aromatic heterocycles. The number of ether oxygens (including phenoxy) is 1. The van der Waals surface area contributed by atoms with Crippen molar-refractivity contribution < 1.29 is 9.53 Å². The molecule has 0 saturated heterocycles. The molecule has 146 valence electrons. The van der Waals surface area contributed by atoms with E-state index in [4.69, 9.17) is 16.3 Å². The summed E-state index contributed by atoms with van der Waals surface area (Å²) in [5, 5.41) is 5.39. The van der Waals surface area contributed by atoms with Gasteiger partial charge in [-0.1, -0.05) is 52.0 Å². The van der Waals surface area contributed by atoms with Gasteiger partial charge in [0.1, 0.15) is 17.7 Å². The number of hydrogen-bond acceptors (Lipinski definition) is 3. The zero-order valence-corrected chi connectivity index (χ0v) is 17.8. The summed E-state index contributed by atoms with van der Waals surface area (Å²) in [6.45, 7) is 14.0. The molecule has 0 N–H and O–H groups in total. The lowest BCUT2D eigenvalue weighted by molar-refractivity contribution is 0.112. The van der Waals surface area contributed by atoms with E-state index in [1.165, 1.54) is 0 Å². The van der Waals surface area contributed by atoms with Gasteiger partial charge < -0.3 is 4.74 Å². The molecule has 2 rings (SSSR count). The molecular weight excluding hydrogens is 360 g/mol. The van der Waals surface area contributed by atoms with E-state index in [1.54, 1.807) is 30.0 Å². The maximum absolute atomic E-state index is 11.0. The molecule has 0 spiro atoms. The second kappa shape index (κ2) is 10.7. The topological polar surface area (TPSA) is 44.1 Å². The lowest BCUT2D eigenvalue weighted by atomic mass is 10.1. The molecule has 0 saturated carbocycles. The van der Waals surface area contributed by atoms with Crippen LogP contribution >= 0.6 is 11.6 Å². The van der Waals surface area contributed by atoms with Gasteiger partial charge in [0.2, 0.25) is 0 Å². The first kappa shape index (κ1) is 22.7. The van der Waals surface area contributed by atoms with Crippen LogP contribution < -0.4 is 4.74 Å². The van der Waals surface area contributed by atoms with Crippen molar-refractivity contribution in [2.75, 3.05) is 7.11 Å². The molecule has 1 heterocycles. The molecular formula is C22H29ClN2O2. The van der Waals surface area contributed by atoms with Gasteiger partial charge in [0.25, 0.3) is 0 Å². The number of rotatable bonds is 7. The zero-order valence-electron chi connectivity index (χ0n) is 17.0. The van der Waals surface area contributed by atoms with E-state index in [2.05, 4.69) is 25.5 Å². The van der Waals surface area contributed by atoms with Gasteiger partial charge in [0.15, 0.2) is 0 Å². The van der Waals surface area contributed by atoms with Crippen molar-refractivity contribution >= 4 is 30.0 Å². The molecule has 0 radical (unpaired) electrons. The third-order valence-electron chi connectivity index (χ3n) is 4.27. The highest BCUT2D eigenvalue weighted by Gasteiger charge is 2.17. The standard InChI is InChI=1S/C20H23ClN2O2.C2H6/c1-6-13(3)17(21)11-19-16(7-2)14(4)22-23(19)18-9-8-15(12-24)10-20(18)25-5;1-2/h7-13H,2,6H2,1,3-5H3;1-2H3/b17-11+;. The number of nitrogens with zero attached hydrogens (tertiary/aromatic N) is 2. The number of carbonyl (C=O) groups excluding carboxylic acids is 1. The number of aldehydes is 1. The number of carbonyl (C=O) groups is 1. The first-order chi connectivity index (χ1) is 13.0. The third kappa shape index (κ3) is 5.10. The first-order valence-electron chi connectivity index (χ1n) is 9.19. The van der Waals surface area contributed by atoms with Crippen LogP contribution in [0.3, 0.4) is 0 Å². The molecule has 0 amide bonds. The minimum Gasteiger partial charge on any atom is -0.494 e. The highest BCUT2D eigenvalue weighted by atomic mass is 35.5. The average Bonchev–Trinajstić information content (AvgIpc) is 3.02. The number of aryl methyl sites for hydroxylation is 1. The van der Waals surface area contributed by atoms with Crippen LogP contribution in [0.2, 0.25) is 0 Å². The molecule has 1 unspecified atom stereocenters. The van der Waals surface area contributed by atoms with Crippen molar-refractivity contribution in [3.63, 3.8) is 0 Å². The smallest absolute Gasteiger partial charge is 0.150 e. The van der Waals surface area contributed by atoms with Crippen LogP contribution in [0, 0.1) is 12.8 Å². The Kier molecular flexibility index (Phi) is 9.03. The quantitative estimate of drug-likeness (QED) is 0.523. The average molecular weight is 389 g/mol. The van der Waals surface area contributed by atoms with Crippen LogP contribution in [-0.4, -0.2) is 23.2 Å². The number of allylic oxidation sites excluding steroid dienone is 1. The Bertz CT molecular complexity index is 822. The van der Waals surface area contributed by atoms with Crippen LogP contribution in [0.25, 0.3) is 17.8 Å². The molecule has 27 heavy (non-hydrogen) atoms. The molecule has 0 aliphatic rings. The van der Waals surface area contributed by atoms with Gasteiger partial charge >= 0.3 is 0 Å². The van der Waals surface area contributed by atoms with Crippen LogP contribution in [0.15, 0.2) is 29.8 Å². The second-order valence-corrected chi connectivity index (χ2v) is 6.32. The number of halogens is 1. The zero-order chi connectivity index (χ0) is 20.6. The van der Waals surface area contributed by atoms with Crippen molar-refractivity contribution in [1.29, 1.82) is 0 Å². The Morgan fingerprint density at radius 2 is 2.07 bits per heavy atom. The van der Waals surface area contributed by atoms with Crippen LogP contribution in [0.5, 0.6) is 5.75 Å². The van der Waals surface area contributed by atoms with E-state index in [0.717, 1.165) is 40.4 Å². The number of benzene rings is 1. The monoisotopic (exact) mass is 388 g/mol. The van der Waals surface area contributed by atoms with Crippen molar-refractivity contribution in [2.45, 2.75) is 41.0 Å². The van der Waals surface area contributed by atoms with Gasteiger partial charge in [-0.2, -0.15) is 5.10 Å². The van der Waals surface area contributed by atoms with E-state index in [1.807, 2.05) is 32.9 Å². The molecule has 2 aromatic rings. The molecule has 5 heteroatoms. The fraction of sp³-hybridized carbons (Fsp3) is 0.364. The maximum atomic E-state index is 11.0. The summed E-state index contributed by atoms with van der Waals surface area (Å²) in [4.78, 5) is 11.0. The first-order valence-corrected chi connectivity index (χ1v) is 9.57. The summed E-state index contributed by atoms with van der Waals surface area (Å²) in [5.41, 5.74) is 3.89. The molecule has 0 bridgehead atoms. The van der Waals surface area contributed by atoms with Crippen molar-refractivity contribution in [3.05, 3.63) is 52.3 Å². The maximum Gasteiger partial charge on any atom is 0.150 e. The fourth-order valence-electron chi connectivity index (χ4n) is 2.54. The van der Waals surface area contributed by atoms with Gasteiger partial charge in [0, 0.05) is 16.2 Å². The normalized spacial score (nSPS) is 12.0. The van der Waals surface area contributed by atoms with Gasteiger partial charge in [-0.25, -0.2) is 4.68 Å². The van der Waals surface area contributed by atoms with Gasteiger partial charge in [-0.15, -0.1) is 0 Å². The van der Waals surface area contributed by atoms with Crippen molar-refractivity contribution in [1.82, 2.24) is 9.78 Å². The predicted molar refractivity (Wildman–Crippen MR) is 115 cm³/mol. The molecule has 1 aromatic carbocycles. The number of aromatic nitrogens is 2. The van der Waals surface area contributed by atoms with E-state index >= 15 is 0 Å². The van der Waals surface area contributed by atoms with Crippen LogP contribution in [-0.2, 0) is 0 Å². The Morgan fingerprint density at radius 1 is 1.41 bits per heavy atom. The van der Waals surface area contributed by atoms with Crippen molar-refractivity contribution in [3.8, 4) is 11.4 Å². The second-order valence-electron chi connectivity index (χ2n) is 5.89. The highest BCUT2D eigenvalue weighted by molar-refractivity contribution is 6.31. The minimum atomic E-state index is 0.252. The Morgan fingerprint density at radius 3 is 2.59 bits per heavy atom. The number of hydrogen-bond donors (Lipinski definition) is 0. The molecule has 0 aliphatic heterocycles. The Labute approximate surface area is 167 Å². The van der Waals surface area contributed by atoms with E-state index in [0.29, 0.717) is 11.3 Å². The van der Waals surface area contributed by atoms with Gasteiger partial charge in [-0.3, -0.25) is 4.79 Å². The summed E-state index contributed by atoms with van der Waals surface area (Å²) in [7, 11) is 1.57. The third-order valence-corrected chi connectivity index (χ3v) is 4.76. The molecule has 1 atom stereocenters. The molecule has 4 nitrogen and oxygen atoms in total. The van der Waals surface area contributed by atoms with Crippen molar-refractivity contribution in [2.24, 2.45) is 5.92 Å². The van der Waals surface area contributed by atoms with E-state index < -0.39 is 0 Å². The summed E-state index contributed by atoms with van der Waals surface area (Å²) >= 11 is 6.49. The SMILES string of the molecule is C=Cc1c(C)nn(-c2ccc(C=O)cc2OC)c1/C=C(/Cl)C(C)CC.CC. The summed E-state index contributed by atoms with van der Waals surface area (Å²) in [6.07, 6.45) is 5.44.